The van der Waals surface area contributed by atoms with E-state index in [1.165, 1.54) is 0 Å². The number of pyridine rings is 1. The molecule has 27 heavy (non-hydrogen) atoms. The van der Waals surface area contributed by atoms with E-state index in [0.29, 0.717) is 36.8 Å². The van der Waals surface area contributed by atoms with Gasteiger partial charge >= 0.3 is 0 Å². The average Bonchev–Trinajstić information content (AvgIpc) is 3.14. The Bertz CT molecular complexity index is 851. The number of benzene rings is 1. The Labute approximate surface area is 156 Å². The summed E-state index contributed by atoms with van der Waals surface area (Å²) in [5.41, 5.74) is 0.296. The lowest BCUT2D eigenvalue weighted by molar-refractivity contribution is -0.173. The second-order valence-corrected chi connectivity index (χ2v) is 7.18. The van der Waals surface area contributed by atoms with Crippen molar-refractivity contribution in [2.75, 3.05) is 26.5 Å². The highest BCUT2D eigenvalue weighted by atomic mass is 16.7. The number of ether oxygens (including phenoxy) is 4. The number of rotatable bonds is 3. The summed E-state index contributed by atoms with van der Waals surface area (Å²) in [5, 5.41) is 0. The molecular weight excluding hydrogens is 348 g/mol. The van der Waals surface area contributed by atoms with Crippen LogP contribution in [-0.4, -0.2) is 54.0 Å². The Kier molecular flexibility index (Phi) is 3.89. The smallest absolute Gasteiger partial charge is 0.254 e. The van der Waals surface area contributed by atoms with Crippen molar-refractivity contribution < 1.29 is 23.7 Å². The van der Waals surface area contributed by atoms with Crippen LogP contribution in [-0.2, 0) is 4.74 Å². The summed E-state index contributed by atoms with van der Waals surface area (Å²) in [6, 6.07) is 9.06. The molecule has 1 spiro atoms. The number of likely N-dealkylation sites (tertiary alicyclic amines) is 1. The van der Waals surface area contributed by atoms with Gasteiger partial charge < -0.3 is 23.8 Å². The molecule has 0 aliphatic carbocycles. The molecule has 1 aromatic carbocycles. The first-order valence-corrected chi connectivity index (χ1v) is 9.10. The van der Waals surface area contributed by atoms with E-state index in [-0.39, 0.29) is 24.4 Å². The van der Waals surface area contributed by atoms with Crippen LogP contribution in [0.25, 0.3) is 0 Å². The second-order valence-electron chi connectivity index (χ2n) is 7.18. The highest BCUT2D eigenvalue weighted by Gasteiger charge is 2.50. The predicted octanol–water partition coefficient (Wildman–Crippen LogP) is 2.26. The quantitative estimate of drug-likeness (QED) is 0.828. The fourth-order valence-electron chi connectivity index (χ4n) is 3.92. The van der Waals surface area contributed by atoms with Crippen LogP contribution >= 0.6 is 0 Å². The molecule has 3 aliphatic rings. The number of hydrogen-bond acceptors (Lipinski definition) is 6. The topological polar surface area (TPSA) is 70.1 Å². The average molecular weight is 368 g/mol. The summed E-state index contributed by atoms with van der Waals surface area (Å²) in [6.45, 7) is 1.99. The lowest BCUT2D eigenvalue weighted by Gasteiger charge is -2.52. The third kappa shape index (κ3) is 3.08. The summed E-state index contributed by atoms with van der Waals surface area (Å²) in [6.07, 6.45) is 5.13. The molecule has 2 aromatic rings. The first-order valence-electron chi connectivity index (χ1n) is 9.10. The Morgan fingerprint density at radius 2 is 2.11 bits per heavy atom. The van der Waals surface area contributed by atoms with E-state index in [1.807, 2.05) is 17.0 Å². The van der Waals surface area contributed by atoms with Gasteiger partial charge in [-0.2, -0.15) is 0 Å². The molecule has 0 radical (unpaired) electrons. The number of nitrogens with zero attached hydrogens (tertiary/aromatic N) is 2. The fraction of sp³-hybridized carbons (Fsp3) is 0.400. The predicted molar refractivity (Wildman–Crippen MR) is 95.0 cm³/mol. The molecule has 0 N–H and O–H groups in total. The monoisotopic (exact) mass is 368 g/mol. The van der Waals surface area contributed by atoms with Crippen molar-refractivity contribution in [2.45, 2.75) is 24.5 Å². The molecule has 0 saturated carbocycles. The maximum Gasteiger partial charge on any atom is 0.254 e. The van der Waals surface area contributed by atoms with Crippen molar-refractivity contribution in [2.24, 2.45) is 0 Å². The number of carbonyl (C=O) groups excluding carboxylic acids is 1. The van der Waals surface area contributed by atoms with Gasteiger partial charge in [-0.15, -0.1) is 0 Å². The van der Waals surface area contributed by atoms with Crippen molar-refractivity contribution in [1.29, 1.82) is 0 Å². The van der Waals surface area contributed by atoms with E-state index in [0.717, 1.165) is 18.6 Å². The minimum atomic E-state index is -0.308. The van der Waals surface area contributed by atoms with Gasteiger partial charge in [0.1, 0.15) is 17.5 Å². The fourth-order valence-corrected chi connectivity index (χ4v) is 3.92. The molecule has 7 nitrogen and oxygen atoms in total. The largest absolute Gasteiger partial charge is 0.489 e. The normalized spacial score (nSPS) is 22.4. The molecule has 2 saturated heterocycles. The van der Waals surface area contributed by atoms with Crippen LogP contribution in [0.3, 0.4) is 0 Å². The maximum absolute atomic E-state index is 12.8. The summed E-state index contributed by atoms with van der Waals surface area (Å²) in [4.78, 5) is 18.7. The summed E-state index contributed by atoms with van der Waals surface area (Å²) >= 11 is 0. The molecule has 0 bridgehead atoms. The lowest BCUT2D eigenvalue weighted by Crippen LogP contribution is -2.67. The zero-order chi connectivity index (χ0) is 18.3. The molecule has 5 rings (SSSR count). The highest BCUT2D eigenvalue weighted by Crippen LogP contribution is 2.38. The molecular formula is C20H20N2O5. The Balaban J connectivity index is 1.22. The van der Waals surface area contributed by atoms with Crippen LogP contribution < -0.4 is 14.2 Å². The number of fused-ring (bicyclic) bond motifs is 1. The van der Waals surface area contributed by atoms with E-state index in [4.69, 9.17) is 18.9 Å². The van der Waals surface area contributed by atoms with Crippen LogP contribution in [0.15, 0.2) is 42.7 Å². The van der Waals surface area contributed by atoms with Crippen molar-refractivity contribution in [3.8, 4) is 17.2 Å². The molecule has 140 valence electrons. The zero-order valence-corrected chi connectivity index (χ0v) is 14.8. The second kappa shape index (κ2) is 6.42. The molecule has 1 aromatic heterocycles. The molecule has 2 fully saturated rings. The van der Waals surface area contributed by atoms with E-state index in [9.17, 15) is 4.79 Å². The Morgan fingerprint density at radius 3 is 2.96 bits per heavy atom. The van der Waals surface area contributed by atoms with Gasteiger partial charge in [0.2, 0.25) is 6.79 Å². The van der Waals surface area contributed by atoms with Gasteiger partial charge in [0.15, 0.2) is 11.5 Å². The van der Waals surface area contributed by atoms with Crippen LogP contribution in [0.2, 0.25) is 0 Å². The zero-order valence-electron chi connectivity index (χ0n) is 14.8. The van der Waals surface area contributed by atoms with Crippen molar-refractivity contribution in [3.63, 3.8) is 0 Å². The van der Waals surface area contributed by atoms with Gasteiger partial charge in [-0.1, -0.05) is 0 Å². The summed E-state index contributed by atoms with van der Waals surface area (Å²) in [7, 11) is 0. The Morgan fingerprint density at radius 1 is 1.22 bits per heavy atom. The number of carbonyl (C=O) groups is 1. The lowest BCUT2D eigenvalue weighted by atomic mass is 9.84. The number of hydrogen-bond donors (Lipinski definition) is 0. The van der Waals surface area contributed by atoms with Gasteiger partial charge in [-0.05, 0) is 30.3 Å². The van der Waals surface area contributed by atoms with E-state index in [2.05, 4.69) is 4.98 Å². The Hall–Kier alpha value is -2.80. The summed E-state index contributed by atoms with van der Waals surface area (Å²) < 4.78 is 22.7. The van der Waals surface area contributed by atoms with E-state index in [1.54, 1.807) is 30.6 Å². The maximum atomic E-state index is 12.8. The van der Waals surface area contributed by atoms with Gasteiger partial charge in [0, 0.05) is 24.6 Å². The van der Waals surface area contributed by atoms with Crippen LogP contribution in [0.1, 0.15) is 23.2 Å². The third-order valence-corrected chi connectivity index (χ3v) is 5.25. The van der Waals surface area contributed by atoms with Gasteiger partial charge in [0.25, 0.3) is 5.91 Å². The minimum absolute atomic E-state index is 0.0159. The minimum Gasteiger partial charge on any atom is -0.489 e. The van der Waals surface area contributed by atoms with Gasteiger partial charge in [0.05, 0.1) is 25.9 Å². The molecule has 0 unspecified atom stereocenters. The molecule has 4 heterocycles. The van der Waals surface area contributed by atoms with Gasteiger partial charge in [-0.25, -0.2) is 0 Å². The number of amides is 1. The highest BCUT2D eigenvalue weighted by molar-refractivity contribution is 5.95. The van der Waals surface area contributed by atoms with Gasteiger partial charge in [-0.3, -0.25) is 9.78 Å². The number of aromatic nitrogens is 1. The first kappa shape index (κ1) is 16.4. The van der Waals surface area contributed by atoms with Crippen LogP contribution in [0.5, 0.6) is 17.2 Å². The van der Waals surface area contributed by atoms with Crippen molar-refractivity contribution in [3.05, 3.63) is 48.3 Å². The van der Waals surface area contributed by atoms with E-state index < -0.39 is 0 Å². The molecule has 1 amide bonds. The standard InChI is InChI=1S/C20H20N2O5/c23-19(14-3-4-17-18(8-14)25-13-24-17)22-11-20(12-22)9-15(5-7-26-20)27-16-2-1-6-21-10-16/h1-4,6,8,10,15H,5,7,9,11-13H2/t15-/m1/s1. The summed E-state index contributed by atoms with van der Waals surface area (Å²) in [5.74, 6) is 2.05. The van der Waals surface area contributed by atoms with Crippen molar-refractivity contribution >= 4 is 5.91 Å². The third-order valence-electron chi connectivity index (χ3n) is 5.25. The van der Waals surface area contributed by atoms with Crippen LogP contribution in [0, 0.1) is 0 Å². The van der Waals surface area contributed by atoms with Crippen LogP contribution in [0.4, 0.5) is 0 Å². The SMILES string of the molecule is O=C(c1ccc2c(c1)OCO2)N1CC2(C[C@H](Oc3cccnc3)CCO2)C1. The molecule has 3 aliphatic heterocycles. The molecule has 7 heteroatoms. The molecule has 1 atom stereocenters. The van der Waals surface area contributed by atoms with E-state index >= 15 is 0 Å². The first-order chi connectivity index (χ1) is 13.2. The van der Waals surface area contributed by atoms with Crippen molar-refractivity contribution in [1.82, 2.24) is 9.88 Å².